The maximum absolute atomic E-state index is 10.0. The molecule has 2 rings (SSSR count). The Kier molecular flexibility index (Phi) is 9.23. The third-order valence-corrected chi connectivity index (χ3v) is 7.47. The van der Waals surface area contributed by atoms with Gasteiger partial charge in [0.15, 0.2) is 16.8 Å². The van der Waals surface area contributed by atoms with Gasteiger partial charge < -0.3 is 19.6 Å². The number of hydrogen-bond acceptors (Lipinski definition) is 4. The van der Waals surface area contributed by atoms with E-state index in [4.69, 9.17) is 0 Å². The van der Waals surface area contributed by atoms with Crippen molar-refractivity contribution in [3.05, 3.63) is 57.6 Å². The second kappa shape index (κ2) is 10.8. The fourth-order valence-electron chi connectivity index (χ4n) is 4.78. The highest BCUT2D eigenvalue weighted by Crippen LogP contribution is 2.39. The molecule has 0 radical (unpaired) electrons. The summed E-state index contributed by atoms with van der Waals surface area (Å²) >= 11 is 0. The summed E-state index contributed by atoms with van der Waals surface area (Å²) in [5, 5.41) is 1.29. The lowest BCUT2D eigenvalue weighted by atomic mass is 9.81. The van der Waals surface area contributed by atoms with Gasteiger partial charge in [-0.05, 0) is 75.6 Å². The van der Waals surface area contributed by atoms with Crippen molar-refractivity contribution in [1.82, 2.24) is 0 Å². The van der Waals surface area contributed by atoms with Crippen molar-refractivity contribution in [1.29, 1.82) is 0 Å². The molecule has 0 atom stereocenters. The van der Waals surface area contributed by atoms with Crippen LogP contribution in [0.3, 0.4) is 0 Å². The van der Waals surface area contributed by atoms with Crippen molar-refractivity contribution < 1.29 is 19.6 Å². The number of hydrogen-bond donors (Lipinski definition) is 4. The van der Waals surface area contributed by atoms with Crippen LogP contribution < -0.4 is 10.6 Å². The Hall–Kier alpha value is -0.860. The lowest BCUT2D eigenvalue weighted by Crippen LogP contribution is -2.19. The van der Waals surface area contributed by atoms with E-state index < -0.39 is 16.8 Å². The largest absolute Gasteiger partial charge is 0.347 e. The van der Waals surface area contributed by atoms with Gasteiger partial charge in [-0.3, -0.25) is 0 Å². The molecular formula is C25H38O4P2. The van der Waals surface area contributed by atoms with Gasteiger partial charge in [0.1, 0.15) is 0 Å². The van der Waals surface area contributed by atoms with E-state index in [9.17, 15) is 19.6 Å². The van der Waals surface area contributed by atoms with Crippen LogP contribution in [0, 0.1) is 0 Å². The molecule has 4 nitrogen and oxygen atoms in total. The molecule has 2 aromatic carbocycles. The zero-order chi connectivity index (χ0) is 23.6. The third-order valence-electron chi connectivity index (χ3n) is 5.83. The van der Waals surface area contributed by atoms with Crippen molar-refractivity contribution in [2.45, 2.75) is 85.5 Å². The zero-order valence-electron chi connectivity index (χ0n) is 20.0. The Morgan fingerprint density at radius 3 is 1.03 bits per heavy atom. The van der Waals surface area contributed by atoms with Crippen molar-refractivity contribution in [2.24, 2.45) is 0 Å². The van der Waals surface area contributed by atoms with Gasteiger partial charge in [-0.2, -0.15) is 0 Å². The Balaban J connectivity index is 2.77. The second-order valence-corrected chi connectivity index (χ2v) is 11.6. The molecule has 0 aromatic heterocycles. The summed E-state index contributed by atoms with van der Waals surface area (Å²) in [4.78, 5) is 40.0. The van der Waals surface area contributed by atoms with Gasteiger partial charge >= 0.3 is 0 Å². The monoisotopic (exact) mass is 464 g/mol. The molecule has 0 bridgehead atoms. The molecule has 172 valence electrons. The van der Waals surface area contributed by atoms with Gasteiger partial charge in [0, 0.05) is 10.6 Å². The van der Waals surface area contributed by atoms with Crippen molar-refractivity contribution in [3.63, 3.8) is 0 Å². The summed E-state index contributed by atoms with van der Waals surface area (Å²) in [6, 6.07) is 7.82. The number of rotatable bonds is 8. The van der Waals surface area contributed by atoms with Gasteiger partial charge in [0.2, 0.25) is 0 Å². The van der Waals surface area contributed by atoms with E-state index in [-0.39, 0.29) is 23.7 Å². The summed E-state index contributed by atoms with van der Waals surface area (Å²) in [6.45, 7) is 17.0. The van der Waals surface area contributed by atoms with Gasteiger partial charge in [0.25, 0.3) is 0 Å². The van der Waals surface area contributed by atoms with Crippen LogP contribution in [0.2, 0.25) is 0 Å². The van der Waals surface area contributed by atoms with Crippen LogP contribution in [0.15, 0.2) is 24.3 Å². The molecule has 6 heteroatoms. The van der Waals surface area contributed by atoms with Gasteiger partial charge in [-0.1, -0.05) is 67.5 Å². The van der Waals surface area contributed by atoms with Crippen LogP contribution in [0.5, 0.6) is 0 Å². The topological polar surface area (TPSA) is 80.9 Å². The quantitative estimate of drug-likeness (QED) is 0.383. The Bertz CT molecular complexity index is 829. The minimum Gasteiger partial charge on any atom is -0.347 e. The molecule has 4 N–H and O–H groups in total. The molecule has 0 saturated heterocycles. The summed E-state index contributed by atoms with van der Waals surface area (Å²) < 4.78 is 0. The molecule has 2 aromatic rings. The fourth-order valence-corrected chi connectivity index (χ4v) is 6.38. The van der Waals surface area contributed by atoms with E-state index in [2.05, 4.69) is 55.4 Å². The third kappa shape index (κ3) is 5.74. The van der Waals surface area contributed by atoms with E-state index in [1.807, 2.05) is 24.3 Å². The lowest BCUT2D eigenvalue weighted by Gasteiger charge is -2.27. The molecule has 0 spiro atoms. The minimum absolute atomic E-state index is 0.183. The molecule has 0 amide bonds. The highest BCUT2D eigenvalue weighted by Gasteiger charge is 2.25. The average molecular weight is 465 g/mol. The first kappa shape index (κ1) is 26.4. The predicted molar refractivity (Wildman–Crippen MR) is 134 cm³/mol. The zero-order valence-corrected chi connectivity index (χ0v) is 21.8. The van der Waals surface area contributed by atoms with Crippen molar-refractivity contribution in [2.75, 3.05) is 0 Å². The van der Waals surface area contributed by atoms with Gasteiger partial charge in [-0.25, -0.2) is 0 Å². The van der Waals surface area contributed by atoms with E-state index in [1.165, 1.54) is 22.3 Å². The fraction of sp³-hybridized carbons (Fsp3) is 0.520. The Morgan fingerprint density at radius 1 is 0.516 bits per heavy atom. The first-order valence-corrected chi connectivity index (χ1v) is 13.5. The van der Waals surface area contributed by atoms with E-state index in [0.717, 1.165) is 17.5 Å². The van der Waals surface area contributed by atoms with E-state index in [1.54, 1.807) is 0 Å². The van der Waals surface area contributed by atoms with Gasteiger partial charge in [-0.15, -0.1) is 0 Å². The summed E-state index contributed by atoms with van der Waals surface area (Å²) in [5.41, 5.74) is 6.87. The molecule has 0 aliphatic rings. The molecule has 0 saturated carbocycles. The maximum Gasteiger partial charge on any atom is 0.199 e. The normalized spacial score (nSPS) is 12.5. The first-order chi connectivity index (χ1) is 14.4. The molecule has 0 aliphatic heterocycles. The standard InChI is InChI=1S/C25H38O4P2/c1-14(2)22-18(9-11-20(30(26)27)24(22)16(5)6)13-19-10-12-21(31(28)29)25(17(7)8)23(19)15(3)4/h9-12,14-17,26-29H,13H2,1-8H3. The number of benzene rings is 2. The Morgan fingerprint density at radius 2 is 0.806 bits per heavy atom. The molecule has 0 heterocycles. The van der Waals surface area contributed by atoms with Crippen LogP contribution >= 0.6 is 16.8 Å². The van der Waals surface area contributed by atoms with Crippen LogP contribution in [0.1, 0.15) is 112 Å². The molecule has 0 fully saturated rings. The van der Waals surface area contributed by atoms with Crippen molar-refractivity contribution in [3.8, 4) is 0 Å². The molecule has 0 aliphatic carbocycles. The van der Waals surface area contributed by atoms with E-state index in [0.29, 0.717) is 10.6 Å². The van der Waals surface area contributed by atoms with Crippen LogP contribution in [-0.4, -0.2) is 19.6 Å². The maximum atomic E-state index is 10.0. The highest BCUT2D eigenvalue weighted by atomic mass is 31.2. The molecule has 31 heavy (non-hydrogen) atoms. The average Bonchev–Trinajstić information content (AvgIpc) is 2.65. The van der Waals surface area contributed by atoms with Gasteiger partial charge in [0.05, 0.1) is 0 Å². The smallest absolute Gasteiger partial charge is 0.199 e. The summed E-state index contributed by atoms with van der Waals surface area (Å²) in [5.74, 6) is 0.858. The second-order valence-electron chi connectivity index (χ2n) is 9.52. The first-order valence-electron chi connectivity index (χ1n) is 11.0. The Labute approximate surface area is 190 Å². The predicted octanol–water partition coefficient (Wildman–Crippen LogP) is 5.61. The molecule has 0 unspecified atom stereocenters. The van der Waals surface area contributed by atoms with Crippen LogP contribution in [0.25, 0.3) is 0 Å². The molecular weight excluding hydrogens is 426 g/mol. The van der Waals surface area contributed by atoms with E-state index >= 15 is 0 Å². The minimum atomic E-state index is -2.16. The summed E-state index contributed by atoms with van der Waals surface area (Å²) in [6.07, 6.45) is 0.727. The lowest BCUT2D eigenvalue weighted by molar-refractivity contribution is 0.495. The van der Waals surface area contributed by atoms with Crippen molar-refractivity contribution >= 4 is 27.4 Å². The highest BCUT2D eigenvalue weighted by molar-refractivity contribution is 7.54. The van der Waals surface area contributed by atoms with Crippen LogP contribution in [0.4, 0.5) is 0 Å². The summed E-state index contributed by atoms with van der Waals surface area (Å²) in [7, 11) is -4.31. The SMILES string of the molecule is CC(C)c1c(Cc2ccc(P(O)O)c(C(C)C)c2C(C)C)ccc(P(O)O)c1C(C)C. The van der Waals surface area contributed by atoms with Crippen LogP contribution in [-0.2, 0) is 6.42 Å².